The van der Waals surface area contributed by atoms with Crippen molar-refractivity contribution < 1.29 is 18.7 Å². The van der Waals surface area contributed by atoms with Gasteiger partial charge in [0.1, 0.15) is 11.9 Å². The molecule has 2 aliphatic rings. The van der Waals surface area contributed by atoms with E-state index >= 15 is 0 Å². The molecular formula is C21H22FN3O3. The Balaban J connectivity index is 1.48. The van der Waals surface area contributed by atoms with E-state index in [4.69, 9.17) is 9.47 Å². The smallest absolute Gasteiger partial charge is 0.251 e. The van der Waals surface area contributed by atoms with Crippen LogP contribution in [0.1, 0.15) is 23.6 Å². The van der Waals surface area contributed by atoms with Crippen LogP contribution in [0.2, 0.25) is 0 Å². The summed E-state index contributed by atoms with van der Waals surface area (Å²) < 4.78 is 23.8. The van der Waals surface area contributed by atoms with Gasteiger partial charge in [0.25, 0.3) is 5.91 Å². The number of methoxy groups -OCH3 is 2. The lowest BCUT2D eigenvalue weighted by Gasteiger charge is -2.31. The van der Waals surface area contributed by atoms with Crippen LogP contribution in [-0.4, -0.2) is 36.1 Å². The van der Waals surface area contributed by atoms with Crippen LogP contribution >= 0.6 is 0 Å². The maximum atomic E-state index is 13.1. The molecule has 2 aliphatic heterocycles. The first-order chi connectivity index (χ1) is 13.6. The number of amides is 1. The standard InChI is InChI=1S/C21H22FN3O3/c1-27-19-8-5-15(11-20(19)28-2)17-12-18-21(26)24(9-10-25(18)23-17)13-14-3-6-16(22)7-4-14/h3-11,17-18,23H,12-13H2,1-2H3. The van der Waals surface area contributed by atoms with E-state index in [0.717, 1.165) is 11.1 Å². The number of hydrazine groups is 1. The Hall–Kier alpha value is -3.06. The van der Waals surface area contributed by atoms with Gasteiger partial charge >= 0.3 is 0 Å². The van der Waals surface area contributed by atoms with Gasteiger partial charge in [-0.3, -0.25) is 4.79 Å². The summed E-state index contributed by atoms with van der Waals surface area (Å²) in [6.07, 6.45) is 4.26. The maximum Gasteiger partial charge on any atom is 0.251 e. The van der Waals surface area contributed by atoms with E-state index in [1.165, 1.54) is 12.1 Å². The summed E-state index contributed by atoms with van der Waals surface area (Å²) in [5.41, 5.74) is 5.28. The SMILES string of the molecule is COc1ccc(C2CC3C(=O)N(Cc4ccc(F)cc4)C=CN3N2)cc1OC. The van der Waals surface area contributed by atoms with Crippen LogP contribution in [0.5, 0.6) is 11.5 Å². The predicted octanol–water partition coefficient (Wildman–Crippen LogP) is 2.98. The lowest BCUT2D eigenvalue weighted by molar-refractivity contribution is -0.134. The molecule has 1 fully saturated rings. The van der Waals surface area contributed by atoms with Gasteiger partial charge in [-0.05, 0) is 41.8 Å². The average Bonchev–Trinajstić information content (AvgIpc) is 3.16. The molecule has 0 spiro atoms. The van der Waals surface area contributed by atoms with Crippen molar-refractivity contribution in [3.05, 3.63) is 71.8 Å². The van der Waals surface area contributed by atoms with Gasteiger partial charge in [-0.15, -0.1) is 0 Å². The molecule has 2 unspecified atom stereocenters. The lowest BCUT2D eigenvalue weighted by atomic mass is 10.00. The minimum absolute atomic E-state index is 0.0100. The number of benzene rings is 2. The zero-order chi connectivity index (χ0) is 19.7. The van der Waals surface area contributed by atoms with Gasteiger partial charge in [0.15, 0.2) is 11.5 Å². The molecule has 4 rings (SSSR count). The van der Waals surface area contributed by atoms with E-state index in [2.05, 4.69) is 5.43 Å². The summed E-state index contributed by atoms with van der Waals surface area (Å²) in [5, 5.41) is 1.85. The van der Waals surface area contributed by atoms with Crippen molar-refractivity contribution in [1.29, 1.82) is 0 Å². The monoisotopic (exact) mass is 383 g/mol. The Morgan fingerprint density at radius 1 is 1.07 bits per heavy atom. The van der Waals surface area contributed by atoms with Gasteiger partial charge in [0, 0.05) is 12.4 Å². The Bertz CT molecular complexity index is 900. The number of carbonyl (C=O) groups excluding carboxylic acids is 1. The number of fused-ring (bicyclic) bond motifs is 1. The van der Waals surface area contributed by atoms with Gasteiger partial charge in [0.05, 0.1) is 26.8 Å². The normalized spacial score (nSPS) is 21.0. The summed E-state index contributed by atoms with van der Waals surface area (Å²) in [6, 6.07) is 11.7. The Morgan fingerprint density at radius 2 is 1.82 bits per heavy atom. The van der Waals surface area contributed by atoms with Gasteiger partial charge in [-0.2, -0.15) is 0 Å². The number of hydrogen-bond donors (Lipinski definition) is 1. The highest BCUT2D eigenvalue weighted by molar-refractivity contribution is 5.84. The summed E-state index contributed by atoms with van der Waals surface area (Å²) in [7, 11) is 3.21. The number of rotatable bonds is 5. The zero-order valence-electron chi connectivity index (χ0n) is 15.8. The molecule has 0 saturated carbocycles. The molecule has 0 aromatic heterocycles. The van der Waals surface area contributed by atoms with Gasteiger partial charge in [-0.25, -0.2) is 9.82 Å². The molecule has 146 valence electrons. The second-order valence-electron chi connectivity index (χ2n) is 6.85. The fraction of sp³-hybridized carbons (Fsp3) is 0.286. The Kier molecular flexibility index (Phi) is 4.92. The minimum Gasteiger partial charge on any atom is -0.493 e. The molecule has 2 aromatic carbocycles. The van der Waals surface area contributed by atoms with E-state index in [1.54, 1.807) is 37.5 Å². The predicted molar refractivity (Wildman–Crippen MR) is 102 cm³/mol. The van der Waals surface area contributed by atoms with Gasteiger partial charge < -0.3 is 19.4 Å². The molecule has 2 atom stereocenters. The lowest BCUT2D eigenvalue weighted by Crippen LogP contribution is -2.47. The molecular weight excluding hydrogens is 361 g/mol. The van der Waals surface area contributed by atoms with E-state index in [0.29, 0.717) is 24.5 Å². The first kappa shape index (κ1) is 18.3. The number of nitrogens with zero attached hydrogens (tertiary/aromatic N) is 2. The molecule has 2 aromatic rings. The number of halogens is 1. The van der Waals surface area contributed by atoms with Gasteiger partial charge in [0.2, 0.25) is 0 Å². The third kappa shape index (κ3) is 3.41. The third-order valence-electron chi connectivity index (χ3n) is 5.15. The molecule has 2 heterocycles. The molecule has 6 nitrogen and oxygen atoms in total. The molecule has 1 N–H and O–H groups in total. The molecule has 0 aliphatic carbocycles. The van der Waals surface area contributed by atoms with Crippen molar-refractivity contribution in [2.75, 3.05) is 14.2 Å². The van der Waals surface area contributed by atoms with Crippen LogP contribution in [-0.2, 0) is 11.3 Å². The second-order valence-corrected chi connectivity index (χ2v) is 6.85. The topological polar surface area (TPSA) is 54.0 Å². The summed E-state index contributed by atoms with van der Waals surface area (Å²) in [5.74, 6) is 1.06. The highest BCUT2D eigenvalue weighted by Crippen LogP contribution is 2.35. The molecule has 7 heteroatoms. The minimum atomic E-state index is -0.288. The van der Waals surface area contributed by atoms with Crippen molar-refractivity contribution in [3.63, 3.8) is 0 Å². The van der Waals surface area contributed by atoms with Crippen LogP contribution in [0.25, 0.3) is 0 Å². The quantitative estimate of drug-likeness (QED) is 0.860. The van der Waals surface area contributed by atoms with E-state index < -0.39 is 0 Å². The molecule has 1 saturated heterocycles. The summed E-state index contributed by atoms with van der Waals surface area (Å²) >= 11 is 0. The summed E-state index contributed by atoms with van der Waals surface area (Å²) in [4.78, 5) is 14.6. The number of ether oxygens (including phenoxy) is 2. The van der Waals surface area contributed by atoms with Crippen LogP contribution < -0.4 is 14.9 Å². The molecule has 1 amide bonds. The van der Waals surface area contributed by atoms with E-state index in [-0.39, 0.29) is 23.8 Å². The highest BCUT2D eigenvalue weighted by atomic mass is 19.1. The molecule has 0 radical (unpaired) electrons. The Morgan fingerprint density at radius 3 is 2.54 bits per heavy atom. The molecule has 0 bridgehead atoms. The van der Waals surface area contributed by atoms with Crippen molar-refractivity contribution in [2.24, 2.45) is 0 Å². The largest absolute Gasteiger partial charge is 0.493 e. The number of nitrogens with one attached hydrogen (secondary N) is 1. The van der Waals surface area contributed by atoms with Crippen LogP contribution in [0.4, 0.5) is 4.39 Å². The van der Waals surface area contributed by atoms with Gasteiger partial charge in [-0.1, -0.05) is 18.2 Å². The molecule has 28 heavy (non-hydrogen) atoms. The van der Waals surface area contributed by atoms with E-state index in [1.807, 2.05) is 29.4 Å². The van der Waals surface area contributed by atoms with Crippen molar-refractivity contribution >= 4 is 5.91 Å². The number of hydrogen-bond acceptors (Lipinski definition) is 5. The highest BCUT2D eigenvalue weighted by Gasteiger charge is 2.40. The first-order valence-electron chi connectivity index (χ1n) is 9.08. The second kappa shape index (κ2) is 7.52. The van der Waals surface area contributed by atoms with Crippen LogP contribution in [0, 0.1) is 5.82 Å². The van der Waals surface area contributed by atoms with Crippen molar-refractivity contribution in [2.45, 2.75) is 25.0 Å². The zero-order valence-corrected chi connectivity index (χ0v) is 15.8. The third-order valence-corrected chi connectivity index (χ3v) is 5.15. The average molecular weight is 383 g/mol. The van der Waals surface area contributed by atoms with E-state index in [9.17, 15) is 9.18 Å². The number of carbonyl (C=O) groups is 1. The Labute approximate surface area is 163 Å². The summed E-state index contributed by atoms with van der Waals surface area (Å²) in [6.45, 7) is 0.418. The first-order valence-corrected chi connectivity index (χ1v) is 9.08. The fourth-order valence-corrected chi connectivity index (χ4v) is 3.64. The van der Waals surface area contributed by atoms with Crippen LogP contribution in [0.3, 0.4) is 0 Å². The fourth-order valence-electron chi connectivity index (χ4n) is 3.64. The van der Waals surface area contributed by atoms with Crippen LogP contribution in [0.15, 0.2) is 54.9 Å². The van der Waals surface area contributed by atoms with Crippen molar-refractivity contribution in [3.8, 4) is 11.5 Å². The van der Waals surface area contributed by atoms with Crippen molar-refractivity contribution in [1.82, 2.24) is 15.3 Å². The maximum absolute atomic E-state index is 13.1.